The van der Waals surface area contributed by atoms with E-state index in [4.69, 9.17) is 0 Å². The summed E-state index contributed by atoms with van der Waals surface area (Å²) in [4.78, 5) is 12.2. The Bertz CT molecular complexity index is 670. The predicted molar refractivity (Wildman–Crippen MR) is 88.8 cm³/mol. The number of benzene rings is 1. The molecule has 0 aliphatic carbocycles. The second-order valence-electron chi connectivity index (χ2n) is 6.12. The van der Waals surface area contributed by atoms with Crippen LogP contribution in [0.5, 0.6) is 0 Å². The SMILES string of the molecule is CCC[C@H](C)NC(=O)c1ccc2c(c1)C[C@@H](C)N2S(C)(=O)=O. The Morgan fingerprint density at radius 1 is 1.45 bits per heavy atom. The molecule has 2 atom stereocenters. The minimum atomic E-state index is -3.29. The standard InChI is InChI=1S/C16H24N2O3S/c1-5-6-11(2)17-16(19)13-7-8-15-14(10-13)9-12(3)18(15)22(4,20)21/h7-8,10-12H,5-6,9H2,1-4H3,(H,17,19)/t11-,12+/m0/s1. The molecule has 0 saturated heterocycles. The smallest absolute Gasteiger partial charge is 0.251 e. The van der Waals surface area contributed by atoms with Crippen LogP contribution >= 0.6 is 0 Å². The fourth-order valence-corrected chi connectivity index (χ4v) is 4.33. The highest BCUT2D eigenvalue weighted by atomic mass is 32.2. The van der Waals surface area contributed by atoms with E-state index in [0.717, 1.165) is 18.4 Å². The number of carbonyl (C=O) groups excluding carboxylic acids is 1. The lowest BCUT2D eigenvalue weighted by molar-refractivity contribution is 0.0938. The molecule has 0 fully saturated rings. The molecule has 0 bridgehead atoms. The first kappa shape index (κ1) is 16.8. The van der Waals surface area contributed by atoms with E-state index in [1.165, 1.54) is 10.6 Å². The number of carbonyl (C=O) groups is 1. The number of fused-ring (bicyclic) bond motifs is 1. The lowest BCUT2D eigenvalue weighted by Gasteiger charge is -2.22. The van der Waals surface area contributed by atoms with Gasteiger partial charge in [0.25, 0.3) is 5.91 Å². The van der Waals surface area contributed by atoms with Gasteiger partial charge in [0.1, 0.15) is 0 Å². The van der Waals surface area contributed by atoms with Crippen molar-refractivity contribution in [2.45, 2.75) is 52.1 Å². The van der Waals surface area contributed by atoms with E-state index < -0.39 is 10.0 Å². The van der Waals surface area contributed by atoms with Crippen LogP contribution < -0.4 is 9.62 Å². The quantitative estimate of drug-likeness (QED) is 0.904. The third kappa shape index (κ3) is 3.43. The summed E-state index contributed by atoms with van der Waals surface area (Å²) in [5, 5.41) is 2.97. The molecule has 0 spiro atoms. The summed E-state index contributed by atoms with van der Waals surface area (Å²) in [6, 6.07) is 5.27. The van der Waals surface area contributed by atoms with Crippen LogP contribution in [-0.2, 0) is 16.4 Å². The molecule has 0 aromatic heterocycles. The van der Waals surface area contributed by atoms with E-state index in [1.54, 1.807) is 12.1 Å². The molecule has 1 N–H and O–H groups in total. The summed E-state index contributed by atoms with van der Waals surface area (Å²) in [5.74, 6) is -0.103. The van der Waals surface area contributed by atoms with Gasteiger partial charge in [0, 0.05) is 17.6 Å². The average Bonchev–Trinajstić information content (AvgIpc) is 2.73. The second-order valence-corrected chi connectivity index (χ2v) is 7.98. The number of hydrogen-bond donors (Lipinski definition) is 1. The summed E-state index contributed by atoms with van der Waals surface area (Å²) in [7, 11) is -3.29. The first-order chi connectivity index (χ1) is 10.2. The largest absolute Gasteiger partial charge is 0.350 e. The van der Waals surface area contributed by atoms with E-state index in [2.05, 4.69) is 12.2 Å². The highest BCUT2D eigenvalue weighted by Gasteiger charge is 2.32. The van der Waals surface area contributed by atoms with Gasteiger partial charge in [0.2, 0.25) is 10.0 Å². The molecule has 6 heteroatoms. The fourth-order valence-electron chi connectivity index (χ4n) is 3.06. The van der Waals surface area contributed by atoms with Crippen LogP contribution in [0.25, 0.3) is 0 Å². The van der Waals surface area contributed by atoms with E-state index in [0.29, 0.717) is 17.7 Å². The van der Waals surface area contributed by atoms with Crippen LogP contribution in [0, 0.1) is 0 Å². The molecule has 0 radical (unpaired) electrons. The van der Waals surface area contributed by atoms with Crippen molar-refractivity contribution in [3.8, 4) is 0 Å². The van der Waals surface area contributed by atoms with Crippen molar-refractivity contribution >= 4 is 21.6 Å². The van der Waals surface area contributed by atoms with Crippen molar-refractivity contribution in [3.63, 3.8) is 0 Å². The molecule has 0 saturated carbocycles. The Kier molecular flexibility index (Phi) is 4.80. The maximum absolute atomic E-state index is 12.2. The Balaban J connectivity index is 2.24. The highest BCUT2D eigenvalue weighted by Crippen LogP contribution is 2.34. The first-order valence-corrected chi connectivity index (χ1v) is 9.52. The molecule has 5 nitrogen and oxygen atoms in total. The molecule has 122 valence electrons. The number of sulfonamides is 1. The Hall–Kier alpha value is -1.56. The summed E-state index contributed by atoms with van der Waals surface area (Å²) >= 11 is 0. The lowest BCUT2D eigenvalue weighted by atomic mass is 10.1. The van der Waals surface area contributed by atoms with Gasteiger partial charge < -0.3 is 5.32 Å². The van der Waals surface area contributed by atoms with E-state index in [9.17, 15) is 13.2 Å². The third-order valence-corrected chi connectivity index (χ3v) is 5.22. The zero-order valence-corrected chi connectivity index (χ0v) is 14.4. The van der Waals surface area contributed by atoms with Crippen LogP contribution in [0.1, 0.15) is 49.5 Å². The van der Waals surface area contributed by atoms with Crippen molar-refractivity contribution in [2.24, 2.45) is 0 Å². The Morgan fingerprint density at radius 3 is 2.73 bits per heavy atom. The van der Waals surface area contributed by atoms with Crippen molar-refractivity contribution in [3.05, 3.63) is 29.3 Å². The Morgan fingerprint density at radius 2 is 2.14 bits per heavy atom. The molecule has 1 aromatic carbocycles. The van der Waals surface area contributed by atoms with Crippen LogP contribution in [0.2, 0.25) is 0 Å². The molecule has 2 rings (SSSR count). The van der Waals surface area contributed by atoms with Gasteiger partial charge in [-0.15, -0.1) is 0 Å². The second kappa shape index (κ2) is 6.28. The van der Waals surface area contributed by atoms with Gasteiger partial charge in [-0.1, -0.05) is 13.3 Å². The normalized spacial score (nSPS) is 18.9. The molecular weight excluding hydrogens is 300 g/mol. The number of amides is 1. The number of nitrogens with one attached hydrogen (secondary N) is 1. The molecule has 1 amide bonds. The number of nitrogens with zero attached hydrogens (tertiary/aromatic N) is 1. The van der Waals surface area contributed by atoms with Crippen LogP contribution in [0.15, 0.2) is 18.2 Å². The molecular formula is C16H24N2O3S. The summed E-state index contributed by atoms with van der Waals surface area (Å²) in [6.45, 7) is 5.95. The third-order valence-electron chi connectivity index (χ3n) is 3.95. The van der Waals surface area contributed by atoms with Crippen molar-refractivity contribution in [1.29, 1.82) is 0 Å². The molecule has 22 heavy (non-hydrogen) atoms. The first-order valence-electron chi connectivity index (χ1n) is 7.67. The summed E-state index contributed by atoms with van der Waals surface area (Å²) in [5.41, 5.74) is 2.19. The highest BCUT2D eigenvalue weighted by molar-refractivity contribution is 7.92. The average molecular weight is 324 g/mol. The Labute approximate surface area is 132 Å². The predicted octanol–water partition coefficient (Wildman–Crippen LogP) is 2.32. The van der Waals surface area contributed by atoms with Gasteiger partial charge in [-0.2, -0.15) is 0 Å². The minimum Gasteiger partial charge on any atom is -0.350 e. The topological polar surface area (TPSA) is 66.5 Å². The van der Waals surface area contributed by atoms with Gasteiger partial charge in [0.15, 0.2) is 0 Å². The monoisotopic (exact) mass is 324 g/mol. The lowest BCUT2D eigenvalue weighted by Crippen LogP contribution is -2.34. The number of rotatable bonds is 5. The maximum Gasteiger partial charge on any atom is 0.251 e. The van der Waals surface area contributed by atoms with Crippen molar-refractivity contribution < 1.29 is 13.2 Å². The van der Waals surface area contributed by atoms with Crippen molar-refractivity contribution in [1.82, 2.24) is 5.32 Å². The van der Waals surface area contributed by atoms with Crippen molar-refractivity contribution in [2.75, 3.05) is 10.6 Å². The van der Waals surface area contributed by atoms with Gasteiger partial charge in [-0.25, -0.2) is 8.42 Å². The summed E-state index contributed by atoms with van der Waals surface area (Å²) < 4.78 is 25.2. The number of anilines is 1. The van der Waals surface area contributed by atoms with Crippen LogP contribution in [0.4, 0.5) is 5.69 Å². The van der Waals surface area contributed by atoms with Crippen LogP contribution in [-0.4, -0.2) is 32.7 Å². The zero-order chi connectivity index (χ0) is 16.5. The summed E-state index contributed by atoms with van der Waals surface area (Å²) in [6.07, 6.45) is 3.81. The fraction of sp³-hybridized carbons (Fsp3) is 0.562. The van der Waals surface area contributed by atoms with Gasteiger partial charge in [0.05, 0.1) is 11.9 Å². The molecule has 0 unspecified atom stereocenters. The van der Waals surface area contributed by atoms with Gasteiger partial charge >= 0.3 is 0 Å². The van der Waals surface area contributed by atoms with E-state index in [1.807, 2.05) is 19.9 Å². The molecule has 1 aliphatic rings. The zero-order valence-electron chi connectivity index (χ0n) is 13.6. The molecule has 1 aromatic rings. The maximum atomic E-state index is 12.2. The van der Waals surface area contributed by atoms with Crippen LogP contribution in [0.3, 0.4) is 0 Å². The minimum absolute atomic E-state index is 0.103. The van der Waals surface area contributed by atoms with E-state index >= 15 is 0 Å². The van der Waals surface area contributed by atoms with Gasteiger partial charge in [-0.05, 0) is 50.5 Å². The number of hydrogen-bond acceptors (Lipinski definition) is 3. The van der Waals surface area contributed by atoms with Gasteiger partial charge in [-0.3, -0.25) is 9.10 Å². The molecule has 1 aliphatic heterocycles. The van der Waals surface area contributed by atoms with E-state index in [-0.39, 0.29) is 18.0 Å². The molecule has 1 heterocycles.